The van der Waals surface area contributed by atoms with Crippen LogP contribution in [0.4, 0.5) is 5.69 Å². The molecular weight excluding hydrogens is 390 g/mol. The van der Waals surface area contributed by atoms with E-state index in [0.717, 1.165) is 16.8 Å². The van der Waals surface area contributed by atoms with Crippen LogP contribution in [-0.2, 0) is 4.79 Å². The standard InChI is InChI=1S/C25H19N3O3/c1-15-7-12-22-19(13-15)20(24(29)27-22)14-23-26-21-6-4-3-5-18(21)25(30)28(23)16-8-10-17(31-2)11-9-16/h3-14H,1-2H3,(H,27,29). The number of carbonyl (C=O) groups is 1. The number of para-hydroxylation sites is 1. The summed E-state index contributed by atoms with van der Waals surface area (Å²) >= 11 is 0. The first-order chi connectivity index (χ1) is 15.0. The van der Waals surface area contributed by atoms with Crippen LogP contribution in [0.3, 0.4) is 0 Å². The van der Waals surface area contributed by atoms with Crippen LogP contribution in [0.2, 0.25) is 0 Å². The Balaban J connectivity index is 1.79. The lowest BCUT2D eigenvalue weighted by Gasteiger charge is -2.12. The topological polar surface area (TPSA) is 73.2 Å². The summed E-state index contributed by atoms with van der Waals surface area (Å²) in [5.41, 5.74) is 4.08. The monoisotopic (exact) mass is 409 g/mol. The van der Waals surface area contributed by atoms with Crippen LogP contribution in [-0.4, -0.2) is 22.6 Å². The van der Waals surface area contributed by atoms with Crippen LogP contribution < -0.4 is 15.6 Å². The van der Waals surface area contributed by atoms with Crippen molar-refractivity contribution in [3.63, 3.8) is 0 Å². The Labute approximate surface area is 178 Å². The number of hydrogen-bond donors (Lipinski definition) is 1. The van der Waals surface area contributed by atoms with E-state index in [9.17, 15) is 9.59 Å². The average Bonchev–Trinajstić information content (AvgIpc) is 3.08. The normalized spacial score (nSPS) is 14.0. The molecule has 0 aliphatic carbocycles. The number of fused-ring (bicyclic) bond motifs is 2. The summed E-state index contributed by atoms with van der Waals surface area (Å²) in [6, 6.07) is 20.1. The lowest BCUT2D eigenvalue weighted by Crippen LogP contribution is -2.22. The molecule has 152 valence electrons. The number of benzene rings is 3. The van der Waals surface area contributed by atoms with Crippen molar-refractivity contribution in [3.05, 3.63) is 94.0 Å². The minimum atomic E-state index is -0.218. The van der Waals surface area contributed by atoms with E-state index in [4.69, 9.17) is 9.72 Å². The lowest BCUT2D eigenvalue weighted by atomic mass is 10.0. The summed E-state index contributed by atoms with van der Waals surface area (Å²) in [5.74, 6) is 0.850. The van der Waals surface area contributed by atoms with Crippen molar-refractivity contribution in [2.24, 2.45) is 0 Å². The number of aryl methyl sites for hydroxylation is 1. The van der Waals surface area contributed by atoms with Gasteiger partial charge in [0.15, 0.2) is 0 Å². The van der Waals surface area contributed by atoms with Crippen molar-refractivity contribution in [2.75, 3.05) is 12.4 Å². The van der Waals surface area contributed by atoms with Gasteiger partial charge in [-0.2, -0.15) is 0 Å². The third-order valence-electron chi connectivity index (χ3n) is 5.36. The molecule has 0 bridgehead atoms. The van der Waals surface area contributed by atoms with Gasteiger partial charge in [-0.15, -0.1) is 0 Å². The molecule has 0 unspecified atom stereocenters. The molecule has 4 aromatic rings. The van der Waals surface area contributed by atoms with E-state index in [1.54, 1.807) is 49.6 Å². The molecular formula is C25H19N3O3. The van der Waals surface area contributed by atoms with E-state index in [0.29, 0.717) is 33.7 Å². The summed E-state index contributed by atoms with van der Waals surface area (Å²) in [5, 5.41) is 3.39. The van der Waals surface area contributed by atoms with Crippen molar-refractivity contribution in [3.8, 4) is 11.4 Å². The fraction of sp³-hybridized carbons (Fsp3) is 0.0800. The Morgan fingerprint density at radius 1 is 1.00 bits per heavy atom. The number of methoxy groups -OCH3 is 1. The molecule has 6 nitrogen and oxygen atoms in total. The number of carbonyl (C=O) groups excluding carboxylic acids is 1. The van der Waals surface area contributed by atoms with Gasteiger partial charge in [-0.05, 0) is 61.5 Å². The molecule has 0 atom stereocenters. The van der Waals surface area contributed by atoms with Crippen LogP contribution in [0.25, 0.3) is 28.2 Å². The Morgan fingerprint density at radius 2 is 1.77 bits per heavy atom. The van der Waals surface area contributed by atoms with E-state index in [1.165, 1.54) is 4.57 Å². The highest BCUT2D eigenvalue weighted by Crippen LogP contribution is 2.33. The molecule has 3 aromatic carbocycles. The number of rotatable bonds is 3. The highest BCUT2D eigenvalue weighted by molar-refractivity contribution is 6.34. The van der Waals surface area contributed by atoms with E-state index >= 15 is 0 Å². The van der Waals surface area contributed by atoms with Crippen molar-refractivity contribution < 1.29 is 9.53 Å². The Bertz CT molecular complexity index is 1430. The van der Waals surface area contributed by atoms with E-state index in [1.807, 2.05) is 37.3 Å². The maximum atomic E-state index is 13.4. The fourth-order valence-electron chi connectivity index (χ4n) is 3.80. The first-order valence-electron chi connectivity index (χ1n) is 9.85. The molecule has 0 fully saturated rings. The van der Waals surface area contributed by atoms with Gasteiger partial charge in [0.05, 0.1) is 29.3 Å². The summed E-state index contributed by atoms with van der Waals surface area (Å²) in [6.07, 6.45) is 1.68. The summed E-state index contributed by atoms with van der Waals surface area (Å²) in [4.78, 5) is 30.9. The van der Waals surface area contributed by atoms with E-state index in [-0.39, 0.29) is 11.5 Å². The molecule has 0 saturated heterocycles. The predicted octanol–water partition coefficient (Wildman–Crippen LogP) is 4.20. The quantitative estimate of drug-likeness (QED) is 0.515. The molecule has 5 rings (SSSR count). The molecule has 6 heteroatoms. The van der Waals surface area contributed by atoms with Gasteiger partial charge in [-0.3, -0.25) is 14.2 Å². The molecule has 1 aliphatic rings. The van der Waals surface area contributed by atoms with Gasteiger partial charge in [-0.25, -0.2) is 4.98 Å². The number of nitrogens with zero attached hydrogens (tertiary/aromatic N) is 2. The maximum absolute atomic E-state index is 13.4. The SMILES string of the molecule is COc1ccc(-n2c(C=C3C(=O)Nc4ccc(C)cc43)nc3ccccc3c2=O)cc1. The van der Waals surface area contributed by atoms with Gasteiger partial charge in [0.2, 0.25) is 0 Å². The molecule has 1 N–H and O–H groups in total. The van der Waals surface area contributed by atoms with Gasteiger partial charge in [0.1, 0.15) is 11.6 Å². The second-order valence-electron chi connectivity index (χ2n) is 7.39. The number of ether oxygens (including phenoxy) is 1. The van der Waals surface area contributed by atoms with Crippen molar-refractivity contribution >= 4 is 34.1 Å². The molecule has 0 saturated carbocycles. The Hall–Kier alpha value is -4.19. The number of nitrogens with one attached hydrogen (secondary N) is 1. The van der Waals surface area contributed by atoms with Gasteiger partial charge < -0.3 is 10.1 Å². The van der Waals surface area contributed by atoms with Gasteiger partial charge >= 0.3 is 0 Å². The third-order valence-corrected chi connectivity index (χ3v) is 5.36. The highest BCUT2D eigenvalue weighted by Gasteiger charge is 2.25. The second kappa shape index (κ2) is 7.25. The van der Waals surface area contributed by atoms with Crippen LogP contribution in [0.15, 0.2) is 71.5 Å². The zero-order valence-electron chi connectivity index (χ0n) is 17.0. The Kier molecular flexibility index (Phi) is 4.40. The first kappa shape index (κ1) is 18.8. The Morgan fingerprint density at radius 3 is 2.55 bits per heavy atom. The lowest BCUT2D eigenvalue weighted by molar-refractivity contribution is -0.110. The summed E-state index contributed by atoms with van der Waals surface area (Å²) in [6.45, 7) is 1.97. The summed E-state index contributed by atoms with van der Waals surface area (Å²) < 4.78 is 6.76. The average molecular weight is 409 g/mol. The molecule has 1 aromatic heterocycles. The second-order valence-corrected chi connectivity index (χ2v) is 7.39. The van der Waals surface area contributed by atoms with Crippen LogP contribution in [0.5, 0.6) is 5.75 Å². The highest BCUT2D eigenvalue weighted by atomic mass is 16.5. The van der Waals surface area contributed by atoms with Crippen LogP contribution in [0, 0.1) is 6.92 Å². The van der Waals surface area contributed by atoms with Crippen molar-refractivity contribution in [1.82, 2.24) is 9.55 Å². The van der Waals surface area contributed by atoms with Crippen LogP contribution in [0.1, 0.15) is 17.0 Å². The van der Waals surface area contributed by atoms with Crippen molar-refractivity contribution in [1.29, 1.82) is 0 Å². The number of hydrogen-bond acceptors (Lipinski definition) is 4. The van der Waals surface area contributed by atoms with E-state index < -0.39 is 0 Å². The van der Waals surface area contributed by atoms with Crippen LogP contribution >= 0.6 is 0 Å². The fourth-order valence-corrected chi connectivity index (χ4v) is 3.80. The number of aromatic nitrogens is 2. The minimum absolute atomic E-state index is 0.203. The zero-order valence-corrected chi connectivity index (χ0v) is 17.0. The maximum Gasteiger partial charge on any atom is 0.266 e. The smallest absolute Gasteiger partial charge is 0.266 e. The van der Waals surface area contributed by atoms with Crippen molar-refractivity contribution in [2.45, 2.75) is 6.92 Å². The summed E-state index contributed by atoms with van der Waals surface area (Å²) in [7, 11) is 1.59. The molecule has 1 amide bonds. The van der Waals surface area contributed by atoms with E-state index in [2.05, 4.69) is 5.32 Å². The molecule has 1 aliphatic heterocycles. The largest absolute Gasteiger partial charge is 0.497 e. The third kappa shape index (κ3) is 3.18. The minimum Gasteiger partial charge on any atom is -0.497 e. The molecule has 2 heterocycles. The first-order valence-corrected chi connectivity index (χ1v) is 9.85. The van der Waals surface area contributed by atoms with Gasteiger partial charge in [0.25, 0.3) is 11.5 Å². The van der Waals surface area contributed by atoms with Gasteiger partial charge in [0, 0.05) is 11.3 Å². The van der Waals surface area contributed by atoms with Gasteiger partial charge in [-0.1, -0.05) is 23.8 Å². The number of anilines is 1. The zero-order chi connectivity index (χ0) is 21.5. The molecule has 0 radical (unpaired) electrons. The predicted molar refractivity (Wildman–Crippen MR) is 122 cm³/mol. The molecule has 31 heavy (non-hydrogen) atoms. The molecule has 0 spiro atoms. The number of amides is 1.